The number of rotatable bonds is 3. The first kappa shape index (κ1) is 13.3. The second-order valence-corrected chi connectivity index (χ2v) is 4.92. The van der Waals surface area contributed by atoms with Gasteiger partial charge in [0.25, 0.3) is 0 Å². The molecule has 0 aliphatic carbocycles. The van der Waals surface area contributed by atoms with Gasteiger partial charge in [0.2, 0.25) is 0 Å². The molecule has 0 bridgehead atoms. The summed E-state index contributed by atoms with van der Waals surface area (Å²) in [5.41, 5.74) is 11.2. The van der Waals surface area contributed by atoms with Gasteiger partial charge in [-0.25, -0.2) is 0 Å². The highest BCUT2D eigenvalue weighted by Gasteiger charge is 2.14. The van der Waals surface area contributed by atoms with Gasteiger partial charge in [0.1, 0.15) is 5.69 Å². The van der Waals surface area contributed by atoms with Gasteiger partial charge in [-0.1, -0.05) is 17.7 Å². The monoisotopic (exact) mass is 254 g/mol. The second-order valence-electron chi connectivity index (χ2n) is 4.92. The average molecular weight is 254 g/mol. The Kier molecular flexibility index (Phi) is 3.65. The number of nitrogens with zero attached hydrogens (tertiary/aromatic N) is 1. The Bertz CT molecular complexity index is 609. The lowest BCUT2D eigenvalue weighted by molar-refractivity contribution is 0.0988. The first-order valence-electron chi connectivity index (χ1n) is 6.29. The highest BCUT2D eigenvalue weighted by atomic mass is 16.1. The Balaban J connectivity index is 2.32. The third-order valence-corrected chi connectivity index (χ3v) is 3.28. The number of nitrogens with two attached hydrogens (primary N) is 1. The van der Waals surface area contributed by atoms with Gasteiger partial charge in [-0.2, -0.15) is 0 Å². The largest absolute Gasteiger partial charge is 0.397 e. The third-order valence-electron chi connectivity index (χ3n) is 3.28. The van der Waals surface area contributed by atoms with E-state index in [-0.39, 0.29) is 5.78 Å². The Hall–Kier alpha value is -2.16. The Labute approximate surface area is 113 Å². The molecule has 0 aliphatic rings. The standard InChI is InChI=1S/C16H18N2O/c1-10-7-11(2)13(12(3)8-10)9-15(19)16-14(17)5-4-6-18-16/h4-8H,9,17H2,1-3H3. The van der Waals surface area contributed by atoms with Crippen LogP contribution < -0.4 is 5.73 Å². The van der Waals surface area contributed by atoms with E-state index in [9.17, 15) is 4.79 Å². The number of hydrogen-bond donors (Lipinski definition) is 1. The number of pyridine rings is 1. The van der Waals surface area contributed by atoms with Crippen LogP contribution in [0.5, 0.6) is 0 Å². The summed E-state index contributed by atoms with van der Waals surface area (Å²) in [5, 5.41) is 0. The van der Waals surface area contributed by atoms with Gasteiger partial charge in [0.15, 0.2) is 5.78 Å². The maximum atomic E-state index is 12.3. The molecule has 2 rings (SSSR count). The molecule has 1 aromatic heterocycles. The van der Waals surface area contributed by atoms with E-state index in [0.29, 0.717) is 17.8 Å². The van der Waals surface area contributed by atoms with Crippen molar-refractivity contribution >= 4 is 11.5 Å². The molecule has 3 heteroatoms. The summed E-state index contributed by atoms with van der Waals surface area (Å²) in [5.74, 6) is -0.0341. The van der Waals surface area contributed by atoms with Gasteiger partial charge in [-0.3, -0.25) is 9.78 Å². The minimum absolute atomic E-state index is 0.0341. The molecule has 0 fully saturated rings. The predicted molar refractivity (Wildman–Crippen MR) is 77.3 cm³/mol. The third kappa shape index (κ3) is 2.81. The maximum absolute atomic E-state index is 12.3. The van der Waals surface area contributed by atoms with E-state index in [2.05, 4.69) is 24.0 Å². The van der Waals surface area contributed by atoms with Crippen molar-refractivity contribution in [2.24, 2.45) is 0 Å². The number of anilines is 1. The molecule has 0 spiro atoms. The average Bonchev–Trinajstić information content (AvgIpc) is 2.34. The molecule has 0 aliphatic heterocycles. The quantitative estimate of drug-likeness (QED) is 0.857. The molecular weight excluding hydrogens is 236 g/mol. The Morgan fingerprint density at radius 3 is 2.42 bits per heavy atom. The summed E-state index contributed by atoms with van der Waals surface area (Å²) >= 11 is 0. The van der Waals surface area contributed by atoms with Crippen LogP contribution in [-0.2, 0) is 6.42 Å². The van der Waals surface area contributed by atoms with E-state index in [1.54, 1.807) is 18.3 Å². The molecule has 0 unspecified atom stereocenters. The number of Topliss-reactive ketones (excluding diaryl/α,β-unsaturated/α-hetero) is 1. The van der Waals surface area contributed by atoms with Crippen molar-refractivity contribution in [1.82, 2.24) is 4.98 Å². The molecule has 0 atom stereocenters. The van der Waals surface area contributed by atoms with Crippen molar-refractivity contribution in [2.75, 3.05) is 5.73 Å². The van der Waals surface area contributed by atoms with Crippen molar-refractivity contribution in [1.29, 1.82) is 0 Å². The van der Waals surface area contributed by atoms with Crippen LogP contribution in [0, 0.1) is 20.8 Å². The van der Waals surface area contributed by atoms with E-state index in [4.69, 9.17) is 5.73 Å². The van der Waals surface area contributed by atoms with Gasteiger partial charge >= 0.3 is 0 Å². The normalized spacial score (nSPS) is 10.5. The zero-order valence-electron chi connectivity index (χ0n) is 11.5. The zero-order valence-corrected chi connectivity index (χ0v) is 11.5. The highest BCUT2D eigenvalue weighted by Crippen LogP contribution is 2.19. The van der Waals surface area contributed by atoms with Gasteiger partial charge < -0.3 is 5.73 Å². The number of benzene rings is 1. The van der Waals surface area contributed by atoms with Crippen LogP contribution in [0.1, 0.15) is 32.7 Å². The molecule has 3 nitrogen and oxygen atoms in total. The molecule has 1 aromatic carbocycles. The van der Waals surface area contributed by atoms with Crippen LogP contribution in [-0.4, -0.2) is 10.8 Å². The molecule has 1 heterocycles. The number of carbonyl (C=O) groups is 1. The fraction of sp³-hybridized carbons (Fsp3) is 0.250. The summed E-state index contributed by atoms with van der Waals surface area (Å²) < 4.78 is 0. The van der Waals surface area contributed by atoms with Crippen molar-refractivity contribution in [3.8, 4) is 0 Å². The van der Waals surface area contributed by atoms with Gasteiger partial charge in [0, 0.05) is 12.6 Å². The molecule has 2 N–H and O–H groups in total. The smallest absolute Gasteiger partial charge is 0.187 e. The fourth-order valence-electron chi connectivity index (χ4n) is 2.38. The van der Waals surface area contributed by atoms with Crippen molar-refractivity contribution in [3.63, 3.8) is 0 Å². The number of ketones is 1. The van der Waals surface area contributed by atoms with Crippen LogP contribution in [0.2, 0.25) is 0 Å². The molecule has 0 saturated heterocycles. The summed E-state index contributed by atoms with van der Waals surface area (Å²) in [6.45, 7) is 6.12. The van der Waals surface area contributed by atoms with Crippen LogP contribution in [0.15, 0.2) is 30.5 Å². The van der Waals surface area contributed by atoms with Gasteiger partial charge in [-0.05, 0) is 49.6 Å². The maximum Gasteiger partial charge on any atom is 0.187 e. The number of hydrogen-bond acceptors (Lipinski definition) is 3. The number of nitrogen functional groups attached to an aromatic ring is 1. The van der Waals surface area contributed by atoms with E-state index < -0.39 is 0 Å². The number of aromatic nitrogens is 1. The summed E-state index contributed by atoms with van der Waals surface area (Å²) in [6.07, 6.45) is 1.94. The lowest BCUT2D eigenvalue weighted by atomic mass is 9.95. The molecule has 0 saturated carbocycles. The first-order chi connectivity index (χ1) is 8.99. The molecule has 98 valence electrons. The number of aryl methyl sites for hydroxylation is 3. The van der Waals surface area contributed by atoms with E-state index in [1.807, 2.05) is 13.8 Å². The van der Waals surface area contributed by atoms with Crippen LogP contribution in [0.3, 0.4) is 0 Å². The number of carbonyl (C=O) groups excluding carboxylic acids is 1. The lowest BCUT2D eigenvalue weighted by Gasteiger charge is -2.11. The molecule has 0 radical (unpaired) electrons. The topological polar surface area (TPSA) is 56.0 Å². The molecule has 19 heavy (non-hydrogen) atoms. The second kappa shape index (κ2) is 5.22. The van der Waals surface area contributed by atoms with E-state index in [0.717, 1.165) is 16.7 Å². The fourth-order valence-corrected chi connectivity index (χ4v) is 2.38. The molecule has 0 amide bonds. The van der Waals surface area contributed by atoms with Crippen LogP contribution >= 0.6 is 0 Å². The zero-order chi connectivity index (χ0) is 14.0. The minimum atomic E-state index is -0.0341. The van der Waals surface area contributed by atoms with E-state index >= 15 is 0 Å². The predicted octanol–water partition coefficient (Wildman–Crippen LogP) is 3.01. The lowest BCUT2D eigenvalue weighted by Crippen LogP contribution is -2.11. The van der Waals surface area contributed by atoms with Crippen molar-refractivity contribution in [2.45, 2.75) is 27.2 Å². The summed E-state index contributed by atoms with van der Waals surface area (Å²) in [7, 11) is 0. The Morgan fingerprint density at radius 1 is 1.21 bits per heavy atom. The van der Waals surface area contributed by atoms with Gasteiger partial charge in [-0.15, -0.1) is 0 Å². The van der Waals surface area contributed by atoms with Crippen LogP contribution in [0.25, 0.3) is 0 Å². The summed E-state index contributed by atoms with van der Waals surface area (Å²) in [4.78, 5) is 16.4. The van der Waals surface area contributed by atoms with Crippen molar-refractivity contribution < 1.29 is 4.79 Å². The summed E-state index contributed by atoms with van der Waals surface area (Å²) in [6, 6.07) is 7.62. The first-order valence-corrected chi connectivity index (χ1v) is 6.29. The Morgan fingerprint density at radius 2 is 1.84 bits per heavy atom. The molecular formula is C16H18N2O. The van der Waals surface area contributed by atoms with E-state index in [1.165, 1.54) is 5.56 Å². The SMILES string of the molecule is Cc1cc(C)c(CC(=O)c2ncccc2N)c(C)c1. The van der Waals surface area contributed by atoms with Crippen molar-refractivity contribution in [3.05, 3.63) is 58.4 Å². The molecule has 2 aromatic rings. The highest BCUT2D eigenvalue weighted by molar-refractivity contribution is 6.00. The van der Waals surface area contributed by atoms with Crippen LogP contribution in [0.4, 0.5) is 5.69 Å². The minimum Gasteiger partial charge on any atom is -0.397 e. The van der Waals surface area contributed by atoms with Gasteiger partial charge in [0.05, 0.1) is 5.69 Å².